The molecule has 5 heteroatoms. The summed E-state index contributed by atoms with van der Waals surface area (Å²) in [6.45, 7) is 12.5. The van der Waals surface area contributed by atoms with E-state index in [0.717, 1.165) is 12.8 Å². The molecule has 0 bridgehead atoms. The summed E-state index contributed by atoms with van der Waals surface area (Å²) in [5.41, 5.74) is 0. The Balaban J connectivity index is 3.88. The van der Waals surface area contributed by atoms with Crippen LogP contribution in [0.4, 0.5) is 0 Å². The van der Waals surface area contributed by atoms with Crippen molar-refractivity contribution >= 4 is 7.60 Å². The molecule has 176 valence electrons. The van der Waals surface area contributed by atoms with Crippen LogP contribution in [-0.2, 0) is 4.57 Å². The van der Waals surface area contributed by atoms with Gasteiger partial charge in [0.15, 0.2) is 0 Å². The number of hydrogen-bond donors (Lipinski definition) is 2. The van der Waals surface area contributed by atoms with Crippen molar-refractivity contribution in [1.29, 1.82) is 0 Å². The first kappa shape index (κ1) is 29.1. The number of rotatable bonds is 22. The third kappa shape index (κ3) is 18.6. The fraction of sp³-hybridized carbons (Fsp3) is 1.00. The monoisotopic (exact) mass is 434 g/mol. The Hall–Kier alpha value is 0.110. The van der Waals surface area contributed by atoms with E-state index in [-0.39, 0.29) is 6.16 Å². The van der Waals surface area contributed by atoms with E-state index in [1.165, 1.54) is 114 Å². The highest BCUT2D eigenvalue weighted by molar-refractivity contribution is 7.51. The number of quaternary nitrogens is 1. The summed E-state index contributed by atoms with van der Waals surface area (Å²) in [6.07, 6.45) is 20.2. The lowest BCUT2D eigenvalue weighted by molar-refractivity contribution is -0.929. The van der Waals surface area contributed by atoms with Crippen LogP contribution in [0.3, 0.4) is 0 Å². The van der Waals surface area contributed by atoms with Gasteiger partial charge in [0.05, 0.1) is 26.2 Å². The van der Waals surface area contributed by atoms with Gasteiger partial charge in [0.2, 0.25) is 0 Å². The third-order valence-electron chi connectivity index (χ3n) is 6.29. The lowest BCUT2D eigenvalue weighted by Gasteiger charge is -2.39. The average molecular weight is 435 g/mol. The van der Waals surface area contributed by atoms with Gasteiger partial charge in [-0.25, -0.2) is 0 Å². The SMILES string of the molecule is CCCC[N+](CCCC)(CCCC)CCCCCCCCCCCCP(=O)(O)O. The van der Waals surface area contributed by atoms with Crippen molar-refractivity contribution < 1.29 is 18.8 Å². The molecule has 0 aromatic carbocycles. The summed E-state index contributed by atoms with van der Waals surface area (Å²) in [6, 6.07) is 0. The number of nitrogens with zero attached hydrogens (tertiary/aromatic N) is 1. The Kier molecular flexibility index (Phi) is 18.9. The normalized spacial score (nSPS) is 12.6. The highest BCUT2D eigenvalue weighted by Crippen LogP contribution is 2.35. The molecule has 0 heterocycles. The first-order valence-corrected chi connectivity index (χ1v) is 14.6. The van der Waals surface area contributed by atoms with E-state index in [9.17, 15) is 4.57 Å². The maximum Gasteiger partial charge on any atom is 0.325 e. The quantitative estimate of drug-likeness (QED) is 0.107. The topological polar surface area (TPSA) is 57.5 Å². The van der Waals surface area contributed by atoms with Crippen LogP contribution in [0.2, 0.25) is 0 Å². The summed E-state index contributed by atoms with van der Waals surface area (Å²) in [7, 11) is -3.78. The highest BCUT2D eigenvalue weighted by atomic mass is 31.2. The predicted octanol–water partition coefficient (Wildman–Crippen LogP) is 7.28. The van der Waals surface area contributed by atoms with Gasteiger partial charge in [0, 0.05) is 6.16 Å². The molecule has 0 spiro atoms. The first-order chi connectivity index (χ1) is 13.9. The summed E-state index contributed by atoms with van der Waals surface area (Å²) >= 11 is 0. The van der Waals surface area contributed by atoms with Crippen molar-refractivity contribution in [3.8, 4) is 0 Å². The maximum absolute atomic E-state index is 10.8. The standard InChI is InChI=1S/C24H52NO3P/c1-4-7-20-25(21-8-5-2,22-9-6-3)23-18-16-14-12-10-11-13-15-17-19-24-29(26,27)28/h4-24H2,1-3H3,(H-,26,27,28)/p+1. The average Bonchev–Trinajstić information content (AvgIpc) is 2.68. The van der Waals surface area contributed by atoms with Crippen LogP contribution in [-0.4, -0.2) is 46.6 Å². The zero-order valence-corrected chi connectivity index (χ0v) is 20.9. The van der Waals surface area contributed by atoms with Crippen molar-refractivity contribution in [2.24, 2.45) is 0 Å². The Bertz CT molecular complexity index is 376. The van der Waals surface area contributed by atoms with E-state index in [1.54, 1.807) is 0 Å². The van der Waals surface area contributed by atoms with Gasteiger partial charge in [-0.15, -0.1) is 0 Å². The Morgan fingerprint density at radius 1 is 0.517 bits per heavy atom. The molecule has 0 fully saturated rings. The van der Waals surface area contributed by atoms with Gasteiger partial charge in [-0.05, 0) is 38.5 Å². The van der Waals surface area contributed by atoms with Gasteiger partial charge >= 0.3 is 7.60 Å². The smallest absolute Gasteiger partial charge is 0.324 e. The molecule has 0 aromatic rings. The van der Waals surface area contributed by atoms with Gasteiger partial charge in [0.25, 0.3) is 0 Å². The van der Waals surface area contributed by atoms with Gasteiger partial charge in [-0.1, -0.05) is 85.0 Å². The van der Waals surface area contributed by atoms with Crippen LogP contribution >= 0.6 is 7.60 Å². The lowest BCUT2D eigenvalue weighted by Crippen LogP contribution is -2.50. The molecule has 4 nitrogen and oxygen atoms in total. The predicted molar refractivity (Wildman–Crippen MR) is 128 cm³/mol. The molecule has 0 atom stereocenters. The molecule has 0 aromatic heterocycles. The largest absolute Gasteiger partial charge is 0.325 e. The minimum absolute atomic E-state index is 0.0573. The third-order valence-corrected chi connectivity index (χ3v) is 7.19. The van der Waals surface area contributed by atoms with Crippen molar-refractivity contribution in [2.75, 3.05) is 32.3 Å². The van der Waals surface area contributed by atoms with Crippen molar-refractivity contribution in [3.63, 3.8) is 0 Å². The first-order valence-electron chi connectivity index (χ1n) is 12.8. The summed E-state index contributed by atoms with van der Waals surface area (Å²) < 4.78 is 12.2. The highest BCUT2D eigenvalue weighted by Gasteiger charge is 2.25. The number of unbranched alkanes of at least 4 members (excludes halogenated alkanes) is 12. The van der Waals surface area contributed by atoms with Gasteiger partial charge in [-0.2, -0.15) is 0 Å². The fourth-order valence-corrected chi connectivity index (χ4v) is 4.97. The minimum atomic E-state index is -3.78. The van der Waals surface area contributed by atoms with Gasteiger partial charge in [-0.3, -0.25) is 4.57 Å². The fourth-order valence-electron chi connectivity index (χ4n) is 4.33. The molecular formula is C24H53NO3P+. The molecule has 29 heavy (non-hydrogen) atoms. The van der Waals surface area contributed by atoms with Crippen LogP contribution < -0.4 is 0 Å². The summed E-state index contributed by atoms with van der Waals surface area (Å²) in [4.78, 5) is 17.7. The van der Waals surface area contributed by atoms with Crippen molar-refractivity contribution in [1.82, 2.24) is 0 Å². The van der Waals surface area contributed by atoms with Crippen LogP contribution in [0, 0.1) is 0 Å². The van der Waals surface area contributed by atoms with Crippen LogP contribution in [0.15, 0.2) is 0 Å². The van der Waals surface area contributed by atoms with Crippen LogP contribution in [0.1, 0.15) is 124 Å². The Morgan fingerprint density at radius 3 is 1.17 bits per heavy atom. The molecule has 0 aliphatic heterocycles. The van der Waals surface area contributed by atoms with E-state index >= 15 is 0 Å². The molecule has 0 amide bonds. The molecule has 0 aliphatic carbocycles. The lowest BCUT2D eigenvalue weighted by atomic mass is 10.1. The van der Waals surface area contributed by atoms with Crippen molar-refractivity contribution in [3.05, 3.63) is 0 Å². The Morgan fingerprint density at radius 2 is 0.828 bits per heavy atom. The van der Waals surface area contributed by atoms with E-state index in [4.69, 9.17) is 9.79 Å². The zero-order chi connectivity index (χ0) is 21.8. The zero-order valence-electron chi connectivity index (χ0n) is 20.0. The molecule has 0 unspecified atom stereocenters. The van der Waals surface area contributed by atoms with E-state index in [1.807, 2.05) is 0 Å². The number of hydrogen-bond acceptors (Lipinski definition) is 1. The summed E-state index contributed by atoms with van der Waals surface area (Å²) in [5, 5.41) is 0. The molecule has 0 rings (SSSR count). The van der Waals surface area contributed by atoms with Crippen LogP contribution in [0.5, 0.6) is 0 Å². The van der Waals surface area contributed by atoms with Crippen molar-refractivity contribution in [2.45, 2.75) is 124 Å². The molecule has 2 N–H and O–H groups in total. The second kappa shape index (κ2) is 18.8. The van der Waals surface area contributed by atoms with E-state index in [2.05, 4.69) is 20.8 Å². The second-order valence-corrected chi connectivity index (χ2v) is 11.0. The Labute approximate surface area is 182 Å². The van der Waals surface area contributed by atoms with Gasteiger partial charge in [0.1, 0.15) is 0 Å². The summed E-state index contributed by atoms with van der Waals surface area (Å²) in [5.74, 6) is 0. The van der Waals surface area contributed by atoms with Crippen LogP contribution in [0.25, 0.3) is 0 Å². The van der Waals surface area contributed by atoms with E-state index < -0.39 is 7.60 Å². The molecule has 0 aliphatic rings. The van der Waals surface area contributed by atoms with Gasteiger partial charge < -0.3 is 14.3 Å². The molecular weight excluding hydrogens is 381 g/mol. The molecule has 0 radical (unpaired) electrons. The van der Waals surface area contributed by atoms with E-state index in [0.29, 0.717) is 6.42 Å². The maximum atomic E-state index is 10.8. The molecule has 0 saturated heterocycles. The molecule has 0 saturated carbocycles. The minimum Gasteiger partial charge on any atom is -0.324 e. The second-order valence-electron chi connectivity index (χ2n) is 9.22.